The summed E-state index contributed by atoms with van der Waals surface area (Å²) in [5.41, 5.74) is 7.83. The predicted molar refractivity (Wildman–Crippen MR) is 70.9 cm³/mol. The van der Waals surface area contributed by atoms with Gasteiger partial charge in [0.15, 0.2) is 0 Å². The minimum absolute atomic E-state index is 0.690. The third-order valence-electron chi connectivity index (χ3n) is 2.78. The first-order valence-electron chi connectivity index (χ1n) is 6.23. The van der Waals surface area contributed by atoms with Gasteiger partial charge in [-0.1, -0.05) is 0 Å². The summed E-state index contributed by atoms with van der Waals surface area (Å²) in [7, 11) is 1.71. The molecule has 2 N–H and O–H groups in total. The summed E-state index contributed by atoms with van der Waals surface area (Å²) in [5.74, 6) is 1.90. The first kappa shape index (κ1) is 13.8. The molecule has 17 heavy (non-hydrogen) atoms. The number of hydrogen-bond donors (Lipinski definition) is 1. The Bertz CT molecular complexity index is 350. The van der Waals surface area contributed by atoms with Crippen molar-refractivity contribution in [2.75, 3.05) is 20.3 Å². The molecule has 96 valence electrons. The smallest absolute Gasteiger partial charge is 0.122 e. The lowest BCUT2D eigenvalue weighted by atomic mass is 10.0. The van der Waals surface area contributed by atoms with Crippen molar-refractivity contribution in [3.8, 4) is 11.5 Å². The highest BCUT2D eigenvalue weighted by Crippen LogP contribution is 2.29. The van der Waals surface area contributed by atoms with E-state index in [1.165, 1.54) is 5.56 Å². The van der Waals surface area contributed by atoms with Gasteiger partial charge >= 0.3 is 0 Å². The van der Waals surface area contributed by atoms with E-state index in [0.717, 1.165) is 42.9 Å². The number of unbranched alkanes of at least 4 members (excludes halogenated alkanes) is 1. The van der Waals surface area contributed by atoms with Gasteiger partial charge in [0.25, 0.3) is 0 Å². The number of aryl methyl sites for hydroxylation is 2. The monoisotopic (exact) mass is 237 g/mol. The van der Waals surface area contributed by atoms with Gasteiger partial charge in [0, 0.05) is 0 Å². The van der Waals surface area contributed by atoms with Gasteiger partial charge in [-0.25, -0.2) is 0 Å². The summed E-state index contributed by atoms with van der Waals surface area (Å²) in [4.78, 5) is 0. The Hall–Kier alpha value is -1.22. The topological polar surface area (TPSA) is 44.5 Å². The highest BCUT2D eigenvalue weighted by molar-refractivity contribution is 5.46. The maximum Gasteiger partial charge on any atom is 0.122 e. The van der Waals surface area contributed by atoms with Crippen molar-refractivity contribution < 1.29 is 9.47 Å². The zero-order valence-electron chi connectivity index (χ0n) is 11.1. The SMILES string of the molecule is CCOc1cc(CCCCN)c(OC)cc1C. The number of methoxy groups -OCH3 is 1. The van der Waals surface area contributed by atoms with E-state index in [-0.39, 0.29) is 0 Å². The summed E-state index contributed by atoms with van der Waals surface area (Å²) < 4.78 is 11.0. The van der Waals surface area contributed by atoms with Gasteiger partial charge in [-0.2, -0.15) is 0 Å². The van der Waals surface area contributed by atoms with Crippen molar-refractivity contribution in [3.63, 3.8) is 0 Å². The van der Waals surface area contributed by atoms with Crippen LogP contribution in [-0.2, 0) is 6.42 Å². The fourth-order valence-electron chi connectivity index (χ4n) is 1.86. The molecule has 0 saturated heterocycles. The van der Waals surface area contributed by atoms with E-state index < -0.39 is 0 Å². The van der Waals surface area contributed by atoms with Gasteiger partial charge in [-0.05, 0) is 62.9 Å². The fourth-order valence-corrected chi connectivity index (χ4v) is 1.86. The highest BCUT2D eigenvalue weighted by Gasteiger charge is 2.08. The minimum Gasteiger partial charge on any atom is -0.496 e. The molecule has 0 fully saturated rings. The molecule has 0 atom stereocenters. The van der Waals surface area contributed by atoms with Crippen LogP contribution in [-0.4, -0.2) is 20.3 Å². The molecule has 1 rings (SSSR count). The Morgan fingerprint density at radius 1 is 1.18 bits per heavy atom. The first-order valence-corrected chi connectivity index (χ1v) is 6.23. The van der Waals surface area contributed by atoms with Crippen LogP contribution in [0, 0.1) is 6.92 Å². The number of benzene rings is 1. The van der Waals surface area contributed by atoms with E-state index in [1.54, 1.807) is 7.11 Å². The van der Waals surface area contributed by atoms with Crippen LogP contribution < -0.4 is 15.2 Å². The number of rotatable bonds is 7. The quantitative estimate of drug-likeness (QED) is 0.741. The van der Waals surface area contributed by atoms with Crippen molar-refractivity contribution in [1.82, 2.24) is 0 Å². The lowest BCUT2D eigenvalue weighted by Gasteiger charge is -2.13. The minimum atomic E-state index is 0.690. The molecule has 3 heteroatoms. The molecule has 0 aliphatic carbocycles. The molecule has 1 aromatic carbocycles. The molecule has 0 bridgehead atoms. The Labute approximate surface area is 104 Å². The Morgan fingerprint density at radius 2 is 1.94 bits per heavy atom. The molecule has 0 amide bonds. The standard InChI is InChI=1S/C14H23NO2/c1-4-17-13-10-12(7-5-6-8-15)14(16-3)9-11(13)2/h9-10H,4-8,15H2,1-3H3. The van der Waals surface area contributed by atoms with Crippen LogP contribution in [0.5, 0.6) is 11.5 Å². The second kappa shape index (κ2) is 7.17. The van der Waals surface area contributed by atoms with Gasteiger partial charge in [0.05, 0.1) is 13.7 Å². The average Bonchev–Trinajstić information content (AvgIpc) is 2.33. The summed E-state index contributed by atoms with van der Waals surface area (Å²) in [6.07, 6.45) is 3.11. The third kappa shape index (κ3) is 3.93. The Morgan fingerprint density at radius 3 is 2.53 bits per heavy atom. The van der Waals surface area contributed by atoms with Crippen molar-refractivity contribution in [2.24, 2.45) is 5.73 Å². The normalized spacial score (nSPS) is 10.4. The molecular weight excluding hydrogens is 214 g/mol. The van der Waals surface area contributed by atoms with E-state index in [4.69, 9.17) is 15.2 Å². The molecule has 0 aromatic heterocycles. The maximum absolute atomic E-state index is 5.60. The lowest BCUT2D eigenvalue weighted by Crippen LogP contribution is -2.01. The molecule has 0 radical (unpaired) electrons. The molecule has 0 spiro atoms. The molecule has 0 aliphatic heterocycles. The van der Waals surface area contributed by atoms with Crippen LogP contribution in [0.15, 0.2) is 12.1 Å². The van der Waals surface area contributed by atoms with Gasteiger partial charge in [-0.15, -0.1) is 0 Å². The van der Waals surface area contributed by atoms with Crippen LogP contribution in [0.4, 0.5) is 0 Å². The zero-order valence-corrected chi connectivity index (χ0v) is 11.1. The Kier molecular flexibility index (Phi) is 5.84. The molecule has 1 aromatic rings. The predicted octanol–water partition coefficient (Wildman–Crippen LogP) is 2.68. The molecule has 0 heterocycles. The molecule has 0 aliphatic rings. The lowest BCUT2D eigenvalue weighted by molar-refractivity contribution is 0.335. The van der Waals surface area contributed by atoms with Crippen LogP contribution in [0.1, 0.15) is 30.9 Å². The highest BCUT2D eigenvalue weighted by atomic mass is 16.5. The molecular formula is C14H23NO2. The van der Waals surface area contributed by atoms with E-state index in [0.29, 0.717) is 6.61 Å². The third-order valence-corrected chi connectivity index (χ3v) is 2.78. The van der Waals surface area contributed by atoms with E-state index in [1.807, 2.05) is 19.9 Å². The van der Waals surface area contributed by atoms with Crippen molar-refractivity contribution in [3.05, 3.63) is 23.3 Å². The summed E-state index contributed by atoms with van der Waals surface area (Å²) in [6, 6.07) is 4.14. The maximum atomic E-state index is 5.60. The van der Waals surface area contributed by atoms with E-state index >= 15 is 0 Å². The number of ether oxygens (including phenoxy) is 2. The average molecular weight is 237 g/mol. The second-order valence-electron chi connectivity index (χ2n) is 4.11. The Balaban J connectivity index is 2.87. The number of nitrogens with two attached hydrogens (primary N) is 1. The molecule has 0 saturated carbocycles. The van der Waals surface area contributed by atoms with Gasteiger partial charge in [-0.3, -0.25) is 0 Å². The van der Waals surface area contributed by atoms with E-state index in [9.17, 15) is 0 Å². The van der Waals surface area contributed by atoms with Crippen molar-refractivity contribution in [2.45, 2.75) is 33.1 Å². The van der Waals surface area contributed by atoms with Crippen LogP contribution in [0.25, 0.3) is 0 Å². The molecule has 3 nitrogen and oxygen atoms in total. The van der Waals surface area contributed by atoms with Crippen LogP contribution >= 0.6 is 0 Å². The summed E-state index contributed by atoms with van der Waals surface area (Å²) in [5, 5.41) is 0. The fraction of sp³-hybridized carbons (Fsp3) is 0.571. The number of hydrogen-bond acceptors (Lipinski definition) is 3. The van der Waals surface area contributed by atoms with Gasteiger partial charge in [0.1, 0.15) is 11.5 Å². The largest absolute Gasteiger partial charge is 0.496 e. The van der Waals surface area contributed by atoms with Crippen molar-refractivity contribution in [1.29, 1.82) is 0 Å². The zero-order chi connectivity index (χ0) is 12.7. The van der Waals surface area contributed by atoms with Crippen molar-refractivity contribution >= 4 is 0 Å². The van der Waals surface area contributed by atoms with Gasteiger partial charge < -0.3 is 15.2 Å². The van der Waals surface area contributed by atoms with Crippen LogP contribution in [0.3, 0.4) is 0 Å². The first-order chi connectivity index (χ1) is 8.22. The van der Waals surface area contributed by atoms with Crippen LogP contribution in [0.2, 0.25) is 0 Å². The summed E-state index contributed by atoms with van der Waals surface area (Å²) in [6.45, 7) is 5.47. The van der Waals surface area contributed by atoms with Gasteiger partial charge in [0.2, 0.25) is 0 Å². The second-order valence-corrected chi connectivity index (χ2v) is 4.11. The summed E-state index contributed by atoms with van der Waals surface area (Å²) >= 11 is 0. The van der Waals surface area contributed by atoms with E-state index in [2.05, 4.69) is 6.07 Å². The molecule has 0 unspecified atom stereocenters.